The molecule has 0 heterocycles. The lowest BCUT2D eigenvalue weighted by Crippen LogP contribution is -2.24. The second-order valence-corrected chi connectivity index (χ2v) is 6.60. The number of hydrogen-bond donors (Lipinski definition) is 1. The third-order valence-electron chi connectivity index (χ3n) is 3.89. The summed E-state index contributed by atoms with van der Waals surface area (Å²) in [6.45, 7) is 0.327. The summed E-state index contributed by atoms with van der Waals surface area (Å²) in [5, 5.41) is 4.05. The summed E-state index contributed by atoms with van der Waals surface area (Å²) in [7, 11) is 0. The quantitative estimate of drug-likeness (QED) is 0.435. The lowest BCUT2D eigenvalue weighted by atomic mass is 10.0. The van der Waals surface area contributed by atoms with Crippen LogP contribution in [0.15, 0.2) is 78.9 Å². The van der Waals surface area contributed by atoms with Crippen LogP contribution < -0.4 is 5.32 Å². The van der Waals surface area contributed by atoms with Crippen molar-refractivity contribution in [1.82, 2.24) is 5.32 Å². The van der Waals surface area contributed by atoms with Crippen LogP contribution in [0.3, 0.4) is 0 Å². The Morgan fingerprint density at radius 1 is 0.885 bits per heavy atom. The van der Waals surface area contributed by atoms with Crippen molar-refractivity contribution < 1.29 is 4.79 Å². The van der Waals surface area contributed by atoms with E-state index in [0.29, 0.717) is 22.2 Å². The molecule has 2 nitrogen and oxygen atoms in total. The summed E-state index contributed by atoms with van der Waals surface area (Å²) in [5.41, 5.74) is 3.24. The van der Waals surface area contributed by atoms with Crippen LogP contribution in [0.1, 0.15) is 16.7 Å². The first-order valence-corrected chi connectivity index (χ1v) is 8.93. The average Bonchev–Trinajstić information content (AvgIpc) is 2.67. The maximum atomic E-state index is 12.9. The van der Waals surface area contributed by atoms with Crippen molar-refractivity contribution in [2.24, 2.45) is 0 Å². The minimum Gasteiger partial charge on any atom is -0.348 e. The van der Waals surface area contributed by atoms with Gasteiger partial charge in [-0.15, -0.1) is 0 Å². The zero-order valence-electron chi connectivity index (χ0n) is 14.0. The second kappa shape index (κ2) is 8.70. The predicted molar refractivity (Wildman–Crippen MR) is 109 cm³/mol. The Morgan fingerprint density at radius 2 is 1.54 bits per heavy atom. The van der Waals surface area contributed by atoms with Crippen LogP contribution in [-0.2, 0) is 11.3 Å². The first-order chi connectivity index (χ1) is 12.6. The van der Waals surface area contributed by atoms with E-state index in [4.69, 9.17) is 23.2 Å². The molecule has 0 atom stereocenters. The van der Waals surface area contributed by atoms with E-state index in [0.717, 1.165) is 16.7 Å². The van der Waals surface area contributed by atoms with Crippen molar-refractivity contribution in [3.05, 3.63) is 106 Å². The molecular formula is C22H17Cl2NO. The Bertz CT molecular complexity index is 921. The highest BCUT2D eigenvalue weighted by molar-refractivity contribution is 6.35. The van der Waals surface area contributed by atoms with Gasteiger partial charge in [0.1, 0.15) is 0 Å². The fourth-order valence-corrected chi connectivity index (χ4v) is 3.02. The Labute approximate surface area is 163 Å². The molecule has 1 N–H and O–H groups in total. The molecule has 0 aliphatic carbocycles. The minimum absolute atomic E-state index is 0.161. The van der Waals surface area contributed by atoms with Crippen LogP contribution in [0.25, 0.3) is 11.6 Å². The highest BCUT2D eigenvalue weighted by atomic mass is 35.5. The Morgan fingerprint density at radius 3 is 2.19 bits per heavy atom. The summed E-state index contributed by atoms with van der Waals surface area (Å²) in [6.07, 6.45) is 1.88. The van der Waals surface area contributed by atoms with Gasteiger partial charge in [0.25, 0.3) is 5.91 Å². The normalized spacial score (nSPS) is 11.2. The summed E-state index contributed by atoms with van der Waals surface area (Å²) in [6, 6.07) is 24.6. The molecule has 4 heteroatoms. The highest BCUT2D eigenvalue weighted by Gasteiger charge is 2.12. The van der Waals surface area contributed by atoms with E-state index in [9.17, 15) is 4.79 Å². The van der Waals surface area contributed by atoms with E-state index in [-0.39, 0.29) is 5.91 Å². The Hall–Kier alpha value is -2.55. The van der Waals surface area contributed by atoms with E-state index in [1.807, 2.05) is 72.8 Å². The van der Waals surface area contributed by atoms with Gasteiger partial charge in [0.05, 0.1) is 0 Å². The summed E-state index contributed by atoms with van der Waals surface area (Å²) in [5.74, 6) is -0.161. The van der Waals surface area contributed by atoms with Crippen LogP contribution in [0, 0.1) is 0 Å². The Kier molecular flexibility index (Phi) is 6.11. The van der Waals surface area contributed by atoms with Gasteiger partial charge in [-0.25, -0.2) is 0 Å². The molecule has 0 radical (unpaired) electrons. The van der Waals surface area contributed by atoms with Crippen molar-refractivity contribution in [3.63, 3.8) is 0 Å². The fraction of sp³-hybridized carbons (Fsp3) is 0.0455. The molecular weight excluding hydrogens is 365 g/mol. The smallest absolute Gasteiger partial charge is 0.252 e. The van der Waals surface area contributed by atoms with Gasteiger partial charge in [0.2, 0.25) is 0 Å². The van der Waals surface area contributed by atoms with Crippen molar-refractivity contribution in [1.29, 1.82) is 0 Å². The van der Waals surface area contributed by atoms with E-state index in [1.165, 1.54) is 0 Å². The fourth-order valence-electron chi connectivity index (χ4n) is 2.55. The number of halogens is 2. The number of benzene rings is 3. The number of carbonyl (C=O) groups excluding carboxylic acids is 1. The van der Waals surface area contributed by atoms with E-state index in [1.54, 1.807) is 12.1 Å². The number of carbonyl (C=O) groups is 1. The van der Waals surface area contributed by atoms with Gasteiger partial charge in [0, 0.05) is 22.2 Å². The van der Waals surface area contributed by atoms with Crippen LogP contribution in [0.5, 0.6) is 0 Å². The molecule has 0 fully saturated rings. The van der Waals surface area contributed by atoms with Crippen LogP contribution in [0.4, 0.5) is 0 Å². The van der Waals surface area contributed by atoms with Gasteiger partial charge in [-0.1, -0.05) is 89.9 Å². The van der Waals surface area contributed by atoms with Gasteiger partial charge in [-0.2, -0.15) is 0 Å². The molecule has 0 aromatic heterocycles. The molecule has 0 bridgehead atoms. The van der Waals surface area contributed by atoms with E-state index in [2.05, 4.69) is 5.32 Å². The Balaban J connectivity index is 1.85. The topological polar surface area (TPSA) is 29.1 Å². The second-order valence-electron chi connectivity index (χ2n) is 5.75. The predicted octanol–water partition coefficient (Wildman–Crippen LogP) is 5.85. The molecule has 1 amide bonds. The third-order valence-corrected chi connectivity index (χ3v) is 4.48. The van der Waals surface area contributed by atoms with Gasteiger partial charge in [-0.05, 0) is 34.9 Å². The number of rotatable bonds is 5. The molecule has 26 heavy (non-hydrogen) atoms. The van der Waals surface area contributed by atoms with Crippen LogP contribution in [-0.4, -0.2) is 5.91 Å². The first-order valence-electron chi connectivity index (χ1n) is 8.18. The van der Waals surface area contributed by atoms with E-state index < -0.39 is 0 Å². The van der Waals surface area contributed by atoms with Crippen molar-refractivity contribution in [2.45, 2.75) is 6.54 Å². The number of nitrogens with one attached hydrogen (secondary N) is 1. The van der Waals surface area contributed by atoms with Crippen molar-refractivity contribution >= 4 is 40.8 Å². The van der Waals surface area contributed by atoms with Gasteiger partial charge < -0.3 is 5.32 Å². The molecule has 3 rings (SSSR count). The zero-order chi connectivity index (χ0) is 18.4. The number of hydrogen-bond acceptors (Lipinski definition) is 1. The summed E-state index contributed by atoms with van der Waals surface area (Å²) >= 11 is 12.1. The highest BCUT2D eigenvalue weighted by Crippen LogP contribution is 2.22. The largest absolute Gasteiger partial charge is 0.348 e. The molecule has 0 saturated heterocycles. The molecule has 130 valence electrons. The minimum atomic E-state index is -0.161. The molecule has 3 aromatic rings. The van der Waals surface area contributed by atoms with Gasteiger partial charge in [0.15, 0.2) is 0 Å². The lowest BCUT2D eigenvalue weighted by Gasteiger charge is -2.11. The maximum absolute atomic E-state index is 12.9. The van der Waals surface area contributed by atoms with Gasteiger partial charge in [-0.3, -0.25) is 4.79 Å². The first kappa shape index (κ1) is 18.2. The molecule has 0 aliphatic heterocycles. The van der Waals surface area contributed by atoms with Gasteiger partial charge >= 0.3 is 0 Å². The maximum Gasteiger partial charge on any atom is 0.252 e. The average molecular weight is 382 g/mol. The molecule has 0 spiro atoms. The zero-order valence-corrected chi connectivity index (χ0v) is 15.5. The van der Waals surface area contributed by atoms with Crippen molar-refractivity contribution in [2.75, 3.05) is 0 Å². The SMILES string of the molecule is O=C(NCc1ccc(Cl)cc1Cl)C(=Cc1ccccc1)c1ccccc1. The van der Waals surface area contributed by atoms with Crippen LogP contribution >= 0.6 is 23.2 Å². The molecule has 0 unspecified atom stereocenters. The summed E-state index contributed by atoms with van der Waals surface area (Å²) in [4.78, 5) is 12.9. The summed E-state index contributed by atoms with van der Waals surface area (Å²) < 4.78 is 0. The van der Waals surface area contributed by atoms with E-state index >= 15 is 0 Å². The van der Waals surface area contributed by atoms with Crippen molar-refractivity contribution in [3.8, 4) is 0 Å². The molecule has 3 aromatic carbocycles. The molecule has 0 aliphatic rings. The third kappa shape index (κ3) is 4.75. The standard InChI is InChI=1S/C22H17Cl2NO/c23-19-12-11-18(21(24)14-19)15-25-22(26)20(17-9-5-2-6-10-17)13-16-7-3-1-4-8-16/h1-14H,15H2,(H,25,26). The number of amides is 1. The van der Waals surface area contributed by atoms with Crippen LogP contribution in [0.2, 0.25) is 10.0 Å². The monoisotopic (exact) mass is 381 g/mol. The molecule has 0 saturated carbocycles. The lowest BCUT2D eigenvalue weighted by molar-refractivity contribution is -0.115.